The molecule has 2 rings (SSSR count). The molecule has 19 heavy (non-hydrogen) atoms. The summed E-state index contributed by atoms with van der Waals surface area (Å²) in [6.45, 7) is 1.47. The number of para-hydroxylation sites is 2. The Labute approximate surface area is 116 Å². The monoisotopic (exact) mass is 276 g/mol. The van der Waals surface area contributed by atoms with Crippen molar-refractivity contribution >= 4 is 17.4 Å². The van der Waals surface area contributed by atoms with Gasteiger partial charge in [-0.05, 0) is 31.2 Å². The largest absolute Gasteiger partial charge is 0.493 e. The summed E-state index contributed by atoms with van der Waals surface area (Å²) >= 11 is 6.03. The Balaban J connectivity index is 2.29. The lowest BCUT2D eigenvalue weighted by Gasteiger charge is -2.10. The zero-order valence-corrected chi connectivity index (χ0v) is 11.4. The average Bonchev–Trinajstić information content (AvgIpc) is 2.39. The van der Waals surface area contributed by atoms with Crippen molar-refractivity contribution in [2.75, 3.05) is 7.11 Å². The quantitative estimate of drug-likeness (QED) is 0.779. The lowest BCUT2D eigenvalue weighted by molar-refractivity contribution is 0.101. The maximum absolute atomic E-state index is 11.3. The Hall–Kier alpha value is -2.00. The molecule has 98 valence electrons. The number of halogens is 1. The van der Waals surface area contributed by atoms with Crippen LogP contribution in [0.4, 0.5) is 0 Å². The Morgan fingerprint density at radius 2 is 1.79 bits per heavy atom. The van der Waals surface area contributed by atoms with E-state index in [-0.39, 0.29) is 5.78 Å². The number of ketones is 1. The van der Waals surface area contributed by atoms with Gasteiger partial charge in [-0.2, -0.15) is 0 Å². The summed E-state index contributed by atoms with van der Waals surface area (Å²) in [5.41, 5.74) is 0.481. The van der Waals surface area contributed by atoms with Gasteiger partial charge in [-0.25, -0.2) is 0 Å². The lowest BCUT2D eigenvalue weighted by Crippen LogP contribution is -1.94. The highest BCUT2D eigenvalue weighted by molar-refractivity contribution is 6.34. The van der Waals surface area contributed by atoms with E-state index in [0.29, 0.717) is 27.8 Å². The molecule has 0 aliphatic carbocycles. The number of rotatable bonds is 4. The molecule has 0 aliphatic heterocycles. The van der Waals surface area contributed by atoms with Crippen molar-refractivity contribution in [1.29, 1.82) is 0 Å². The normalized spacial score (nSPS) is 10.1. The zero-order valence-electron chi connectivity index (χ0n) is 10.6. The summed E-state index contributed by atoms with van der Waals surface area (Å²) in [5.74, 6) is 1.71. The van der Waals surface area contributed by atoms with E-state index in [0.717, 1.165) is 0 Å². The smallest absolute Gasteiger partial charge is 0.169 e. The van der Waals surface area contributed by atoms with Crippen LogP contribution < -0.4 is 9.47 Å². The third-order valence-electron chi connectivity index (χ3n) is 2.62. The first-order chi connectivity index (χ1) is 9.11. The fraction of sp³-hybridized carbons (Fsp3) is 0.133. The molecule has 0 N–H and O–H groups in total. The fourth-order valence-corrected chi connectivity index (χ4v) is 1.98. The van der Waals surface area contributed by atoms with E-state index in [2.05, 4.69) is 0 Å². The van der Waals surface area contributed by atoms with Gasteiger partial charge in [0.25, 0.3) is 0 Å². The Morgan fingerprint density at radius 3 is 2.37 bits per heavy atom. The number of carbonyl (C=O) groups is 1. The minimum Gasteiger partial charge on any atom is -0.493 e. The van der Waals surface area contributed by atoms with E-state index < -0.39 is 0 Å². The second-order valence-corrected chi connectivity index (χ2v) is 4.36. The minimum absolute atomic E-state index is 0.0751. The number of hydrogen-bond acceptors (Lipinski definition) is 3. The fourth-order valence-electron chi connectivity index (χ4n) is 1.67. The van der Waals surface area contributed by atoms with Gasteiger partial charge in [0, 0.05) is 11.6 Å². The van der Waals surface area contributed by atoms with Crippen LogP contribution in [0.2, 0.25) is 5.02 Å². The van der Waals surface area contributed by atoms with Crippen LogP contribution >= 0.6 is 11.6 Å². The molecule has 0 unspecified atom stereocenters. The van der Waals surface area contributed by atoms with Gasteiger partial charge >= 0.3 is 0 Å². The topological polar surface area (TPSA) is 35.5 Å². The van der Waals surface area contributed by atoms with Crippen molar-refractivity contribution < 1.29 is 14.3 Å². The van der Waals surface area contributed by atoms with Crippen LogP contribution in [0.15, 0.2) is 42.5 Å². The third-order valence-corrected chi connectivity index (χ3v) is 2.93. The predicted octanol–water partition coefficient (Wildman–Crippen LogP) is 4.34. The summed E-state index contributed by atoms with van der Waals surface area (Å²) in [6, 6.07) is 12.3. The first-order valence-corrected chi connectivity index (χ1v) is 6.11. The summed E-state index contributed by atoms with van der Waals surface area (Å²) in [7, 11) is 1.58. The van der Waals surface area contributed by atoms with Crippen LogP contribution in [-0.4, -0.2) is 12.9 Å². The molecule has 0 saturated carbocycles. The first-order valence-electron chi connectivity index (χ1n) is 5.73. The van der Waals surface area contributed by atoms with E-state index in [4.69, 9.17) is 21.1 Å². The van der Waals surface area contributed by atoms with Crippen LogP contribution in [0.3, 0.4) is 0 Å². The highest BCUT2D eigenvalue weighted by Gasteiger charge is 2.09. The molecule has 2 aromatic carbocycles. The van der Waals surface area contributed by atoms with Crippen molar-refractivity contribution in [1.82, 2.24) is 0 Å². The molecule has 0 atom stereocenters. The molecule has 0 fully saturated rings. The molecule has 0 heterocycles. The van der Waals surface area contributed by atoms with Crippen LogP contribution in [0.25, 0.3) is 0 Å². The van der Waals surface area contributed by atoms with E-state index in [9.17, 15) is 4.79 Å². The molecule has 0 aliphatic rings. The zero-order chi connectivity index (χ0) is 13.8. The van der Waals surface area contributed by atoms with Gasteiger partial charge in [-0.15, -0.1) is 0 Å². The SMILES string of the molecule is COc1ccccc1Oc1ccc(C(C)=O)c(Cl)c1. The van der Waals surface area contributed by atoms with Crippen molar-refractivity contribution in [3.8, 4) is 17.2 Å². The number of methoxy groups -OCH3 is 1. The molecular weight excluding hydrogens is 264 g/mol. The Bertz CT molecular complexity index is 608. The molecular formula is C15H13ClO3. The lowest BCUT2D eigenvalue weighted by atomic mass is 10.1. The predicted molar refractivity (Wildman–Crippen MR) is 74.5 cm³/mol. The standard InChI is InChI=1S/C15H13ClO3/c1-10(17)12-8-7-11(9-13(12)16)19-15-6-4-3-5-14(15)18-2/h3-9H,1-2H3. The molecule has 2 aromatic rings. The summed E-state index contributed by atoms with van der Waals surface area (Å²) in [5, 5.41) is 0.375. The molecule has 0 bridgehead atoms. The van der Waals surface area contributed by atoms with E-state index in [1.807, 2.05) is 12.1 Å². The molecule has 4 heteroatoms. The minimum atomic E-state index is -0.0751. The van der Waals surface area contributed by atoms with Gasteiger partial charge in [-0.1, -0.05) is 23.7 Å². The van der Waals surface area contributed by atoms with Gasteiger partial charge < -0.3 is 9.47 Å². The van der Waals surface area contributed by atoms with Gasteiger partial charge in [0.1, 0.15) is 5.75 Å². The number of carbonyl (C=O) groups excluding carboxylic acids is 1. The molecule has 3 nitrogen and oxygen atoms in total. The summed E-state index contributed by atoms with van der Waals surface area (Å²) in [4.78, 5) is 11.3. The highest BCUT2D eigenvalue weighted by Crippen LogP contribution is 2.32. The van der Waals surface area contributed by atoms with Crippen molar-refractivity contribution in [2.45, 2.75) is 6.92 Å². The maximum atomic E-state index is 11.3. The summed E-state index contributed by atoms with van der Waals surface area (Å²) < 4.78 is 10.9. The van der Waals surface area contributed by atoms with Crippen molar-refractivity contribution in [3.05, 3.63) is 53.1 Å². The Morgan fingerprint density at radius 1 is 1.11 bits per heavy atom. The average molecular weight is 277 g/mol. The molecule has 0 aromatic heterocycles. The van der Waals surface area contributed by atoms with Crippen molar-refractivity contribution in [2.24, 2.45) is 0 Å². The van der Waals surface area contributed by atoms with Crippen LogP contribution in [0, 0.1) is 0 Å². The van der Waals surface area contributed by atoms with Gasteiger partial charge in [0.2, 0.25) is 0 Å². The van der Waals surface area contributed by atoms with Gasteiger partial charge in [0.15, 0.2) is 17.3 Å². The first kappa shape index (κ1) is 13.4. The van der Waals surface area contributed by atoms with Crippen LogP contribution in [0.1, 0.15) is 17.3 Å². The van der Waals surface area contributed by atoms with E-state index >= 15 is 0 Å². The molecule has 0 radical (unpaired) electrons. The molecule has 0 saturated heterocycles. The Kier molecular flexibility index (Phi) is 4.07. The highest BCUT2D eigenvalue weighted by atomic mass is 35.5. The molecule has 0 amide bonds. The van der Waals surface area contributed by atoms with E-state index in [1.54, 1.807) is 37.4 Å². The number of Topliss-reactive ketones (excluding diaryl/α,β-unsaturated/α-hetero) is 1. The second-order valence-electron chi connectivity index (χ2n) is 3.95. The summed E-state index contributed by atoms with van der Waals surface area (Å²) in [6.07, 6.45) is 0. The number of hydrogen-bond donors (Lipinski definition) is 0. The molecule has 0 spiro atoms. The van der Waals surface area contributed by atoms with Crippen LogP contribution in [-0.2, 0) is 0 Å². The van der Waals surface area contributed by atoms with Gasteiger partial charge in [-0.3, -0.25) is 4.79 Å². The second kappa shape index (κ2) is 5.76. The number of ether oxygens (including phenoxy) is 2. The van der Waals surface area contributed by atoms with Crippen molar-refractivity contribution in [3.63, 3.8) is 0 Å². The van der Waals surface area contributed by atoms with Crippen LogP contribution in [0.5, 0.6) is 17.2 Å². The third kappa shape index (κ3) is 3.06. The maximum Gasteiger partial charge on any atom is 0.169 e. The number of benzene rings is 2. The van der Waals surface area contributed by atoms with Gasteiger partial charge in [0.05, 0.1) is 12.1 Å². The van der Waals surface area contributed by atoms with E-state index in [1.165, 1.54) is 6.92 Å².